The molecule has 58 valence electrons. The third-order valence-corrected chi connectivity index (χ3v) is 1.91. The van der Waals surface area contributed by atoms with Gasteiger partial charge in [0, 0.05) is 19.0 Å². The van der Waals surface area contributed by atoms with Crippen LogP contribution in [0, 0.1) is 5.92 Å². The average molecular weight is 141 g/mol. The molecule has 0 aliphatic carbocycles. The van der Waals surface area contributed by atoms with Crippen molar-refractivity contribution < 1.29 is 4.74 Å². The van der Waals surface area contributed by atoms with Crippen molar-refractivity contribution in [2.75, 3.05) is 19.7 Å². The van der Waals surface area contributed by atoms with Crippen molar-refractivity contribution in [2.24, 2.45) is 5.92 Å². The third kappa shape index (κ3) is 1.82. The smallest absolute Gasteiger partial charge is 0.0759 e. The van der Waals surface area contributed by atoms with Crippen LogP contribution in [0.25, 0.3) is 0 Å². The van der Waals surface area contributed by atoms with Crippen molar-refractivity contribution in [2.45, 2.75) is 13.0 Å². The van der Waals surface area contributed by atoms with E-state index < -0.39 is 0 Å². The maximum absolute atomic E-state index is 5.50. The van der Waals surface area contributed by atoms with Crippen LogP contribution in [-0.2, 0) is 4.74 Å². The van der Waals surface area contributed by atoms with Gasteiger partial charge in [-0.1, -0.05) is 13.0 Å². The summed E-state index contributed by atoms with van der Waals surface area (Å²) in [6.45, 7) is 8.65. The molecule has 2 unspecified atom stereocenters. The Kier molecular flexibility index (Phi) is 2.90. The molecule has 0 spiro atoms. The fraction of sp³-hybridized carbons (Fsp3) is 0.750. The van der Waals surface area contributed by atoms with Gasteiger partial charge in [0.2, 0.25) is 0 Å². The zero-order valence-electron chi connectivity index (χ0n) is 6.47. The Morgan fingerprint density at radius 1 is 1.80 bits per heavy atom. The quantitative estimate of drug-likeness (QED) is 0.574. The maximum atomic E-state index is 5.50. The summed E-state index contributed by atoms with van der Waals surface area (Å²) >= 11 is 0. The molecule has 1 N–H and O–H groups in total. The number of hydrogen-bond acceptors (Lipinski definition) is 2. The fourth-order valence-electron chi connectivity index (χ4n) is 1.08. The van der Waals surface area contributed by atoms with Crippen LogP contribution in [0.3, 0.4) is 0 Å². The van der Waals surface area contributed by atoms with E-state index in [4.69, 9.17) is 4.74 Å². The van der Waals surface area contributed by atoms with Gasteiger partial charge in [-0.3, -0.25) is 0 Å². The maximum Gasteiger partial charge on any atom is 0.0759 e. The highest BCUT2D eigenvalue weighted by molar-refractivity contribution is 4.84. The van der Waals surface area contributed by atoms with Gasteiger partial charge in [-0.05, 0) is 0 Å². The lowest BCUT2D eigenvalue weighted by Crippen LogP contribution is -2.41. The van der Waals surface area contributed by atoms with Crippen molar-refractivity contribution in [1.29, 1.82) is 0 Å². The van der Waals surface area contributed by atoms with Crippen LogP contribution in [0.5, 0.6) is 0 Å². The Hall–Kier alpha value is -0.340. The zero-order chi connectivity index (χ0) is 7.40. The zero-order valence-corrected chi connectivity index (χ0v) is 6.47. The van der Waals surface area contributed by atoms with Gasteiger partial charge in [-0.25, -0.2) is 0 Å². The number of ether oxygens (including phenoxy) is 1. The van der Waals surface area contributed by atoms with Crippen LogP contribution in [0.2, 0.25) is 0 Å². The predicted octanol–water partition coefficient (Wildman–Crippen LogP) is 0.797. The predicted molar refractivity (Wildman–Crippen MR) is 42.0 cm³/mol. The van der Waals surface area contributed by atoms with Gasteiger partial charge in [0.05, 0.1) is 12.7 Å². The van der Waals surface area contributed by atoms with Gasteiger partial charge in [0.15, 0.2) is 0 Å². The number of morpholine rings is 1. The average Bonchev–Trinajstić information content (AvgIpc) is 2.05. The summed E-state index contributed by atoms with van der Waals surface area (Å²) in [5.41, 5.74) is 0. The van der Waals surface area contributed by atoms with Gasteiger partial charge < -0.3 is 10.1 Å². The van der Waals surface area contributed by atoms with Crippen LogP contribution in [0.4, 0.5) is 0 Å². The second kappa shape index (κ2) is 3.74. The molecule has 2 nitrogen and oxygen atoms in total. The summed E-state index contributed by atoms with van der Waals surface area (Å²) in [5.74, 6) is 0.466. The minimum Gasteiger partial charge on any atom is -0.375 e. The van der Waals surface area contributed by atoms with Crippen LogP contribution in [-0.4, -0.2) is 25.8 Å². The first-order valence-corrected chi connectivity index (χ1v) is 3.79. The molecule has 2 atom stereocenters. The highest BCUT2D eigenvalue weighted by Gasteiger charge is 2.17. The first-order valence-electron chi connectivity index (χ1n) is 3.79. The summed E-state index contributed by atoms with van der Waals surface area (Å²) in [7, 11) is 0. The molecule has 0 aromatic rings. The van der Waals surface area contributed by atoms with E-state index >= 15 is 0 Å². The van der Waals surface area contributed by atoms with Crippen molar-refractivity contribution >= 4 is 0 Å². The third-order valence-electron chi connectivity index (χ3n) is 1.91. The fourth-order valence-corrected chi connectivity index (χ4v) is 1.08. The molecule has 0 radical (unpaired) electrons. The molecule has 2 heteroatoms. The molecule has 1 saturated heterocycles. The molecule has 1 heterocycles. The first kappa shape index (κ1) is 7.76. The first-order chi connectivity index (χ1) is 4.84. The Morgan fingerprint density at radius 3 is 3.10 bits per heavy atom. The molecule has 0 saturated carbocycles. The van der Waals surface area contributed by atoms with E-state index in [0.717, 1.165) is 19.7 Å². The van der Waals surface area contributed by atoms with Gasteiger partial charge in [0.1, 0.15) is 0 Å². The molecule has 0 aromatic heterocycles. The molecule has 1 aliphatic rings. The van der Waals surface area contributed by atoms with Gasteiger partial charge in [-0.15, -0.1) is 6.58 Å². The highest BCUT2D eigenvalue weighted by Crippen LogP contribution is 2.09. The standard InChI is InChI=1S/C8H15NO/c1-3-7(2)8-6-9-4-5-10-8/h3,7-9H,1,4-6H2,2H3. The Labute approximate surface area is 62.3 Å². The van der Waals surface area contributed by atoms with E-state index in [1.807, 2.05) is 6.08 Å². The molecule has 0 bridgehead atoms. The second-order valence-electron chi connectivity index (χ2n) is 2.71. The number of nitrogens with one attached hydrogen (secondary N) is 1. The van der Waals surface area contributed by atoms with Crippen LogP contribution >= 0.6 is 0 Å². The van der Waals surface area contributed by atoms with E-state index in [2.05, 4.69) is 18.8 Å². The van der Waals surface area contributed by atoms with Crippen LogP contribution in [0.15, 0.2) is 12.7 Å². The Bertz CT molecular complexity index is 108. The summed E-state index contributed by atoms with van der Waals surface area (Å²) < 4.78 is 5.50. The minimum absolute atomic E-state index is 0.339. The molecule has 1 rings (SSSR count). The summed E-state index contributed by atoms with van der Waals surface area (Å²) in [6.07, 6.45) is 2.28. The SMILES string of the molecule is C=CC(C)C1CNCCO1. The molecular formula is C8H15NO. The number of rotatable bonds is 2. The van der Waals surface area contributed by atoms with E-state index in [1.165, 1.54) is 0 Å². The van der Waals surface area contributed by atoms with Gasteiger partial charge in [-0.2, -0.15) is 0 Å². The Morgan fingerprint density at radius 2 is 2.60 bits per heavy atom. The molecule has 1 fully saturated rings. The number of hydrogen-bond donors (Lipinski definition) is 1. The van der Waals surface area contributed by atoms with Crippen LogP contribution < -0.4 is 5.32 Å². The van der Waals surface area contributed by atoms with E-state index in [1.54, 1.807) is 0 Å². The molecular weight excluding hydrogens is 126 g/mol. The normalized spacial score (nSPS) is 29.5. The lowest BCUT2D eigenvalue weighted by molar-refractivity contribution is 0.00747. The van der Waals surface area contributed by atoms with Crippen LogP contribution in [0.1, 0.15) is 6.92 Å². The minimum atomic E-state index is 0.339. The van der Waals surface area contributed by atoms with Crippen molar-refractivity contribution in [3.05, 3.63) is 12.7 Å². The van der Waals surface area contributed by atoms with Crippen molar-refractivity contribution in [3.8, 4) is 0 Å². The lowest BCUT2D eigenvalue weighted by atomic mass is 10.0. The molecule has 1 aliphatic heterocycles. The van der Waals surface area contributed by atoms with Gasteiger partial charge >= 0.3 is 0 Å². The second-order valence-corrected chi connectivity index (χ2v) is 2.71. The molecule has 10 heavy (non-hydrogen) atoms. The monoisotopic (exact) mass is 141 g/mol. The Balaban J connectivity index is 2.30. The van der Waals surface area contributed by atoms with Crippen molar-refractivity contribution in [3.63, 3.8) is 0 Å². The largest absolute Gasteiger partial charge is 0.375 e. The van der Waals surface area contributed by atoms with E-state index in [9.17, 15) is 0 Å². The van der Waals surface area contributed by atoms with Crippen molar-refractivity contribution in [1.82, 2.24) is 5.32 Å². The van der Waals surface area contributed by atoms with E-state index in [0.29, 0.717) is 12.0 Å². The summed E-state index contributed by atoms with van der Waals surface area (Å²) in [5, 5.41) is 3.28. The molecule has 0 aromatic carbocycles. The topological polar surface area (TPSA) is 21.3 Å². The van der Waals surface area contributed by atoms with E-state index in [-0.39, 0.29) is 0 Å². The highest BCUT2D eigenvalue weighted by atomic mass is 16.5. The summed E-state index contributed by atoms with van der Waals surface area (Å²) in [6, 6.07) is 0. The summed E-state index contributed by atoms with van der Waals surface area (Å²) in [4.78, 5) is 0. The lowest BCUT2D eigenvalue weighted by Gasteiger charge is -2.26. The van der Waals surface area contributed by atoms with Gasteiger partial charge in [0.25, 0.3) is 0 Å². The molecule has 0 amide bonds.